The molecule has 0 aromatic carbocycles. The average molecular weight is 182 g/mol. The maximum absolute atomic E-state index is 10.8. The Morgan fingerprint density at radius 1 is 1.31 bits per heavy atom. The van der Waals surface area contributed by atoms with Crippen LogP contribution in [0.5, 0.6) is 0 Å². The highest BCUT2D eigenvalue weighted by atomic mass is 16.4. The Morgan fingerprint density at radius 3 is 2.46 bits per heavy atom. The molecule has 13 heavy (non-hydrogen) atoms. The Hall–Kier alpha value is -1.32. The first-order chi connectivity index (χ1) is 6.11. The van der Waals surface area contributed by atoms with E-state index in [1.807, 2.05) is 0 Å². The van der Waals surface area contributed by atoms with Gasteiger partial charge in [0.15, 0.2) is 0 Å². The van der Waals surface area contributed by atoms with Crippen LogP contribution >= 0.6 is 0 Å². The van der Waals surface area contributed by atoms with Crippen molar-refractivity contribution in [3.8, 4) is 0 Å². The molecule has 1 saturated carbocycles. The fourth-order valence-corrected chi connectivity index (χ4v) is 2.47. The summed E-state index contributed by atoms with van der Waals surface area (Å²) < 4.78 is 0. The van der Waals surface area contributed by atoms with Gasteiger partial charge in [-0.05, 0) is 25.2 Å². The summed E-state index contributed by atoms with van der Waals surface area (Å²) in [4.78, 5) is 21.6. The van der Waals surface area contributed by atoms with Gasteiger partial charge in [-0.1, -0.05) is 5.57 Å². The summed E-state index contributed by atoms with van der Waals surface area (Å²) in [5, 5.41) is 17.7. The Balaban J connectivity index is 2.40. The molecule has 2 unspecified atom stereocenters. The molecule has 0 saturated heterocycles. The first kappa shape index (κ1) is 8.29. The van der Waals surface area contributed by atoms with Crippen molar-refractivity contribution in [3.63, 3.8) is 0 Å². The van der Waals surface area contributed by atoms with Crippen LogP contribution in [0.25, 0.3) is 0 Å². The van der Waals surface area contributed by atoms with Crippen molar-refractivity contribution in [3.05, 3.63) is 11.1 Å². The van der Waals surface area contributed by atoms with E-state index in [4.69, 9.17) is 10.2 Å². The van der Waals surface area contributed by atoms with Crippen molar-refractivity contribution < 1.29 is 19.8 Å². The predicted molar refractivity (Wildman–Crippen MR) is 43.1 cm³/mol. The zero-order valence-electron chi connectivity index (χ0n) is 6.99. The molecule has 2 rings (SSSR count). The number of hydrogen-bond acceptors (Lipinski definition) is 2. The molecule has 4 heteroatoms. The number of rotatable bonds is 2. The van der Waals surface area contributed by atoms with E-state index < -0.39 is 17.9 Å². The molecule has 70 valence electrons. The summed E-state index contributed by atoms with van der Waals surface area (Å²) in [5.74, 6) is -2.75. The number of aliphatic carboxylic acids is 2. The van der Waals surface area contributed by atoms with Crippen LogP contribution in [0.3, 0.4) is 0 Å². The van der Waals surface area contributed by atoms with Gasteiger partial charge >= 0.3 is 11.9 Å². The monoisotopic (exact) mass is 182 g/mol. The molecular weight excluding hydrogens is 172 g/mol. The van der Waals surface area contributed by atoms with E-state index in [0.717, 1.165) is 18.4 Å². The third kappa shape index (κ3) is 1.05. The summed E-state index contributed by atoms with van der Waals surface area (Å²) >= 11 is 0. The lowest BCUT2D eigenvalue weighted by molar-refractivity contribution is -0.145. The fourth-order valence-electron chi connectivity index (χ4n) is 2.47. The van der Waals surface area contributed by atoms with Gasteiger partial charge < -0.3 is 10.2 Å². The van der Waals surface area contributed by atoms with Crippen molar-refractivity contribution in [1.29, 1.82) is 0 Å². The molecular formula is C9H10O4. The van der Waals surface area contributed by atoms with Crippen molar-refractivity contribution in [2.45, 2.75) is 19.3 Å². The zero-order chi connectivity index (χ0) is 9.59. The first-order valence-electron chi connectivity index (χ1n) is 4.29. The summed E-state index contributed by atoms with van der Waals surface area (Å²) in [7, 11) is 0. The van der Waals surface area contributed by atoms with E-state index in [1.165, 1.54) is 0 Å². The minimum absolute atomic E-state index is 0.0404. The van der Waals surface area contributed by atoms with Crippen LogP contribution in [0.1, 0.15) is 19.3 Å². The Morgan fingerprint density at radius 2 is 2.00 bits per heavy atom. The van der Waals surface area contributed by atoms with Crippen LogP contribution in [-0.2, 0) is 9.59 Å². The van der Waals surface area contributed by atoms with Crippen LogP contribution in [0.2, 0.25) is 0 Å². The summed E-state index contributed by atoms with van der Waals surface area (Å²) in [5.41, 5.74) is 1.01. The second-order valence-corrected chi connectivity index (χ2v) is 3.64. The van der Waals surface area contributed by atoms with Crippen LogP contribution in [0.15, 0.2) is 11.1 Å². The molecule has 0 radical (unpaired) electrons. The summed E-state index contributed by atoms with van der Waals surface area (Å²) in [6.07, 6.45) is 2.29. The van der Waals surface area contributed by atoms with Gasteiger partial charge in [-0.2, -0.15) is 0 Å². The first-order valence-corrected chi connectivity index (χ1v) is 4.29. The van der Waals surface area contributed by atoms with Gasteiger partial charge in [-0.25, -0.2) is 4.79 Å². The molecule has 0 aromatic heterocycles. The molecule has 0 heterocycles. The Bertz CT molecular complexity index is 316. The number of allylic oxidation sites excluding steroid dienone is 1. The van der Waals surface area contributed by atoms with E-state index >= 15 is 0 Å². The number of hydrogen-bond donors (Lipinski definition) is 2. The van der Waals surface area contributed by atoms with Gasteiger partial charge in [0.05, 0.1) is 11.5 Å². The SMILES string of the molecule is O=C(O)C1=C2CCC(C2)C1C(=O)O. The van der Waals surface area contributed by atoms with Gasteiger partial charge in [-0.15, -0.1) is 0 Å². The minimum Gasteiger partial charge on any atom is -0.481 e. The Labute approximate surface area is 74.9 Å². The van der Waals surface area contributed by atoms with Crippen LogP contribution in [0, 0.1) is 11.8 Å². The quantitative estimate of drug-likeness (QED) is 0.664. The van der Waals surface area contributed by atoms with Crippen molar-refractivity contribution >= 4 is 11.9 Å². The van der Waals surface area contributed by atoms with Gasteiger partial charge in [0.25, 0.3) is 0 Å². The molecule has 2 aliphatic rings. The molecule has 2 N–H and O–H groups in total. The summed E-state index contributed by atoms with van der Waals surface area (Å²) in [6, 6.07) is 0. The van der Waals surface area contributed by atoms with Gasteiger partial charge in [0.2, 0.25) is 0 Å². The lowest BCUT2D eigenvalue weighted by Crippen LogP contribution is -2.26. The molecule has 1 fully saturated rings. The van der Waals surface area contributed by atoms with Crippen molar-refractivity contribution in [1.82, 2.24) is 0 Å². The summed E-state index contributed by atoms with van der Waals surface area (Å²) in [6.45, 7) is 0. The third-order valence-corrected chi connectivity index (χ3v) is 2.99. The Kier molecular flexibility index (Phi) is 1.65. The highest BCUT2D eigenvalue weighted by Crippen LogP contribution is 2.48. The smallest absolute Gasteiger partial charge is 0.332 e. The highest BCUT2D eigenvalue weighted by molar-refractivity contribution is 5.96. The lowest BCUT2D eigenvalue weighted by atomic mass is 9.86. The van der Waals surface area contributed by atoms with Crippen molar-refractivity contribution in [2.24, 2.45) is 11.8 Å². The molecule has 2 aliphatic carbocycles. The third-order valence-electron chi connectivity index (χ3n) is 2.99. The largest absolute Gasteiger partial charge is 0.481 e. The van der Waals surface area contributed by atoms with E-state index in [-0.39, 0.29) is 11.5 Å². The van der Waals surface area contributed by atoms with E-state index in [2.05, 4.69) is 0 Å². The lowest BCUT2D eigenvalue weighted by Gasteiger charge is -2.17. The van der Waals surface area contributed by atoms with E-state index in [1.54, 1.807) is 0 Å². The number of carboxylic acid groups (broad SMARTS) is 2. The van der Waals surface area contributed by atoms with Crippen LogP contribution in [0.4, 0.5) is 0 Å². The maximum atomic E-state index is 10.8. The molecule has 0 aliphatic heterocycles. The molecule has 0 amide bonds. The second-order valence-electron chi connectivity index (χ2n) is 3.64. The van der Waals surface area contributed by atoms with Crippen LogP contribution < -0.4 is 0 Å². The van der Waals surface area contributed by atoms with Crippen LogP contribution in [-0.4, -0.2) is 22.2 Å². The fraction of sp³-hybridized carbons (Fsp3) is 0.556. The number of fused-ring (bicyclic) bond motifs is 2. The van der Waals surface area contributed by atoms with Crippen molar-refractivity contribution in [2.75, 3.05) is 0 Å². The molecule has 0 spiro atoms. The van der Waals surface area contributed by atoms with Gasteiger partial charge in [0, 0.05) is 0 Å². The second kappa shape index (κ2) is 2.58. The average Bonchev–Trinajstić information content (AvgIpc) is 2.60. The van der Waals surface area contributed by atoms with Gasteiger partial charge in [0.1, 0.15) is 0 Å². The zero-order valence-corrected chi connectivity index (χ0v) is 6.99. The highest BCUT2D eigenvalue weighted by Gasteiger charge is 2.46. The number of carbonyl (C=O) groups is 2. The molecule has 0 aromatic rings. The standard InChI is InChI=1S/C9H10O4/c10-8(11)6-4-1-2-5(3-4)7(6)9(12)13/h4,6H,1-3H2,(H,10,11)(H,12,13). The normalized spacial score (nSPS) is 31.1. The van der Waals surface area contributed by atoms with Gasteiger partial charge in [-0.3, -0.25) is 4.79 Å². The topological polar surface area (TPSA) is 74.6 Å². The molecule has 4 nitrogen and oxygen atoms in total. The van der Waals surface area contributed by atoms with E-state index in [9.17, 15) is 9.59 Å². The number of carboxylic acids is 2. The maximum Gasteiger partial charge on any atom is 0.332 e. The van der Waals surface area contributed by atoms with E-state index in [0.29, 0.717) is 6.42 Å². The minimum atomic E-state index is -1.05. The molecule has 2 atom stereocenters. The molecule has 2 bridgehead atoms. The predicted octanol–water partition coefficient (Wildman–Crippen LogP) is 0.882.